The molecular weight excluding hydrogens is 434 g/mol. The number of nitrogens with one attached hydrogen (secondary N) is 1. The number of carbonyl (C=O) groups excluding carboxylic acids is 3. The fourth-order valence-electron chi connectivity index (χ4n) is 3.61. The Balaban J connectivity index is 1.37. The third-order valence-corrected chi connectivity index (χ3v) is 5.32. The van der Waals surface area contributed by atoms with E-state index >= 15 is 0 Å². The smallest absolute Gasteiger partial charge is 0.312 e. The normalized spacial score (nSPS) is 17.9. The van der Waals surface area contributed by atoms with Crippen molar-refractivity contribution < 1.29 is 33.5 Å². The highest BCUT2D eigenvalue weighted by molar-refractivity contribution is 6.01. The van der Waals surface area contributed by atoms with Crippen LogP contribution in [0.5, 0.6) is 11.5 Å². The predicted octanol–water partition coefficient (Wildman–Crippen LogP) is 2.29. The molecule has 2 amide bonds. The third-order valence-electron chi connectivity index (χ3n) is 5.32. The van der Waals surface area contributed by atoms with Crippen LogP contribution >= 0.6 is 0 Å². The molecule has 0 aromatic heterocycles. The molecule has 0 aliphatic carbocycles. The van der Waals surface area contributed by atoms with Gasteiger partial charge in [0.2, 0.25) is 5.91 Å². The lowest BCUT2D eigenvalue weighted by Crippen LogP contribution is -2.33. The summed E-state index contributed by atoms with van der Waals surface area (Å²) in [7, 11) is 0. The van der Waals surface area contributed by atoms with Gasteiger partial charge < -0.3 is 24.4 Å². The first-order valence-corrected chi connectivity index (χ1v) is 10.3. The van der Waals surface area contributed by atoms with Crippen LogP contribution in [-0.4, -0.2) is 48.6 Å². The van der Waals surface area contributed by atoms with Gasteiger partial charge in [0.25, 0.3) is 11.6 Å². The van der Waals surface area contributed by atoms with Crippen molar-refractivity contribution in [3.8, 4) is 11.5 Å². The lowest BCUT2D eigenvalue weighted by atomic mass is 10.1. The molecule has 11 heteroatoms. The molecule has 1 N–H and O–H groups in total. The minimum Gasteiger partial charge on any atom is -0.486 e. The molecule has 11 nitrogen and oxygen atoms in total. The van der Waals surface area contributed by atoms with E-state index in [9.17, 15) is 24.5 Å². The van der Waals surface area contributed by atoms with Crippen LogP contribution < -0.4 is 19.7 Å². The quantitative estimate of drug-likeness (QED) is 0.398. The Labute approximate surface area is 188 Å². The van der Waals surface area contributed by atoms with Crippen molar-refractivity contribution in [1.29, 1.82) is 0 Å². The van der Waals surface area contributed by atoms with Gasteiger partial charge in [0.15, 0.2) is 17.6 Å². The lowest BCUT2D eigenvalue weighted by Gasteiger charge is -2.22. The van der Waals surface area contributed by atoms with Crippen molar-refractivity contribution in [2.24, 2.45) is 5.92 Å². The van der Waals surface area contributed by atoms with Crippen LogP contribution in [0.1, 0.15) is 13.3 Å². The van der Waals surface area contributed by atoms with Crippen molar-refractivity contribution in [1.82, 2.24) is 0 Å². The zero-order valence-electron chi connectivity index (χ0n) is 17.7. The summed E-state index contributed by atoms with van der Waals surface area (Å²) in [5, 5.41) is 13.5. The van der Waals surface area contributed by atoms with E-state index in [0.717, 1.165) is 0 Å². The zero-order valence-corrected chi connectivity index (χ0v) is 17.7. The molecule has 0 saturated carbocycles. The molecule has 1 saturated heterocycles. The molecule has 0 unspecified atom stereocenters. The molecule has 33 heavy (non-hydrogen) atoms. The maximum atomic E-state index is 12.6. The molecule has 0 radical (unpaired) electrons. The number of amides is 2. The molecule has 2 aromatic carbocycles. The highest BCUT2D eigenvalue weighted by atomic mass is 16.6. The van der Waals surface area contributed by atoms with E-state index in [1.165, 1.54) is 36.1 Å². The summed E-state index contributed by atoms with van der Waals surface area (Å²) in [5.41, 5.74) is 0.291. The van der Waals surface area contributed by atoms with Gasteiger partial charge in [-0.15, -0.1) is 0 Å². The Morgan fingerprint density at radius 3 is 2.67 bits per heavy atom. The fraction of sp³-hybridized carbons (Fsp3) is 0.318. The average Bonchev–Trinajstić information content (AvgIpc) is 3.20. The van der Waals surface area contributed by atoms with Gasteiger partial charge in [-0.3, -0.25) is 24.5 Å². The fourth-order valence-corrected chi connectivity index (χ4v) is 3.61. The monoisotopic (exact) mass is 455 g/mol. The molecule has 1 fully saturated rings. The van der Waals surface area contributed by atoms with Gasteiger partial charge in [-0.05, 0) is 25.1 Å². The number of nitro groups is 1. The maximum Gasteiger partial charge on any atom is 0.312 e. The Kier molecular flexibility index (Phi) is 6.11. The Morgan fingerprint density at radius 2 is 1.91 bits per heavy atom. The van der Waals surface area contributed by atoms with Gasteiger partial charge in [-0.1, -0.05) is 12.1 Å². The first-order chi connectivity index (χ1) is 15.8. The van der Waals surface area contributed by atoms with E-state index in [0.29, 0.717) is 30.4 Å². The molecule has 4 rings (SSSR count). The molecule has 2 atom stereocenters. The van der Waals surface area contributed by atoms with Crippen LogP contribution in [0.15, 0.2) is 42.5 Å². The van der Waals surface area contributed by atoms with E-state index in [4.69, 9.17) is 14.2 Å². The van der Waals surface area contributed by atoms with Crippen LogP contribution in [0, 0.1) is 16.0 Å². The SMILES string of the molecule is C[C@@H](OC(=O)[C@H]1CC(=O)N(c2ccc3c(c2)OCCO3)C1)C(=O)Nc1ccccc1[N+](=O)[O-]. The maximum absolute atomic E-state index is 12.6. The van der Waals surface area contributed by atoms with E-state index in [1.807, 2.05) is 0 Å². The number of hydrogen-bond donors (Lipinski definition) is 1. The van der Waals surface area contributed by atoms with E-state index in [1.54, 1.807) is 18.2 Å². The van der Waals surface area contributed by atoms with Gasteiger partial charge in [0, 0.05) is 30.8 Å². The van der Waals surface area contributed by atoms with Gasteiger partial charge in [0.05, 0.1) is 10.8 Å². The van der Waals surface area contributed by atoms with Crippen molar-refractivity contribution in [2.75, 3.05) is 30.0 Å². The van der Waals surface area contributed by atoms with Crippen molar-refractivity contribution in [2.45, 2.75) is 19.4 Å². The predicted molar refractivity (Wildman–Crippen MR) is 115 cm³/mol. The van der Waals surface area contributed by atoms with Gasteiger partial charge in [-0.2, -0.15) is 0 Å². The first kappa shape index (κ1) is 22.1. The topological polar surface area (TPSA) is 137 Å². The van der Waals surface area contributed by atoms with E-state index in [2.05, 4.69) is 5.32 Å². The van der Waals surface area contributed by atoms with Crippen LogP contribution in [0.4, 0.5) is 17.1 Å². The second-order valence-corrected chi connectivity index (χ2v) is 7.58. The van der Waals surface area contributed by atoms with E-state index in [-0.39, 0.29) is 30.2 Å². The Morgan fingerprint density at radius 1 is 1.18 bits per heavy atom. The standard InChI is InChI=1S/C22H21N3O8/c1-13(21(27)23-16-4-2-3-5-17(16)25(29)30)33-22(28)14-10-20(26)24(12-14)15-6-7-18-19(11-15)32-9-8-31-18/h2-7,11,13-14H,8-10,12H2,1H3,(H,23,27)/t13-,14+/m1/s1. The third kappa shape index (κ3) is 4.71. The second kappa shape index (κ2) is 9.15. The highest BCUT2D eigenvalue weighted by Crippen LogP contribution is 2.36. The highest BCUT2D eigenvalue weighted by Gasteiger charge is 2.38. The molecular formula is C22H21N3O8. The first-order valence-electron chi connectivity index (χ1n) is 10.3. The summed E-state index contributed by atoms with van der Waals surface area (Å²) in [6.45, 7) is 2.31. The number of nitro benzene ring substituents is 1. The number of esters is 1. The number of hydrogen-bond acceptors (Lipinski definition) is 8. The van der Waals surface area contributed by atoms with Crippen LogP contribution in [0.2, 0.25) is 0 Å². The number of anilines is 2. The lowest BCUT2D eigenvalue weighted by molar-refractivity contribution is -0.383. The van der Waals surface area contributed by atoms with E-state index < -0.39 is 28.8 Å². The summed E-state index contributed by atoms with van der Waals surface area (Å²) >= 11 is 0. The number of ether oxygens (including phenoxy) is 3. The summed E-state index contributed by atoms with van der Waals surface area (Å²) in [4.78, 5) is 49.5. The Hall–Kier alpha value is -4.15. The van der Waals surface area contributed by atoms with Crippen LogP contribution in [-0.2, 0) is 19.1 Å². The minimum absolute atomic E-state index is 0.00349. The van der Waals surface area contributed by atoms with Crippen molar-refractivity contribution in [3.05, 3.63) is 52.6 Å². The van der Waals surface area contributed by atoms with Crippen molar-refractivity contribution in [3.63, 3.8) is 0 Å². The number of nitrogens with zero attached hydrogens (tertiary/aromatic N) is 2. The summed E-state index contributed by atoms with van der Waals surface area (Å²) in [6, 6.07) is 10.7. The van der Waals surface area contributed by atoms with Gasteiger partial charge >= 0.3 is 5.97 Å². The second-order valence-electron chi connectivity index (χ2n) is 7.58. The number of benzene rings is 2. The molecule has 2 heterocycles. The van der Waals surface area contributed by atoms with Crippen LogP contribution in [0.25, 0.3) is 0 Å². The molecule has 0 bridgehead atoms. The zero-order chi connectivity index (χ0) is 23.5. The Bertz CT molecular complexity index is 1120. The van der Waals surface area contributed by atoms with Gasteiger partial charge in [-0.25, -0.2) is 0 Å². The summed E-state index contributed by atoms with van der Waals surface area (Å²) < 4.78 is 16.3. The number of fused-ring (bicyclic) bond motifs is 1. The molecule has 2 aliphatic heterocycles. The summed E-state index contributed by atoms with van der Waals surface area (Å²) in [5.74, 6) is -1.32. The molecule has 172 valence electrons. The molecule has 0 spiro atoms. The van der Waals surface area contributed by atoms with Gasteiger partial charge in [0.1, 0.15) is 18.9 Å². The minimum atomic E-state index is -1.21. The molecule has 2 aromatic rings. The van der Waals surface area contributed by atoms with Crippen LogP contribution in [0.3, 0.4) is 0 Å². The largest absolute Gasteiger partial charge is 0.486 e. The molecule has 2 aliphatic rings. The number of rotatable bonds is 6. The average molecular weight is 455 g/mol. The summed E-state index contributed by atoms with van der Waals surface area (Å²) in [6.07, 6.45) is -1.28. The number of para-hydroxylation sites is 2. The van der Waals surface area contributed by atoms with Crippen molar-refractivity contribution >= 4 is 34.8 Å². The number of carbonyl (C=O) groups is 3.